The van der Waals surface area contributed by atoms with Crippen molar-refractivity contribution in [3.05, 3.63) is 90.3 Å². The molecule has 0 saturated carbocycles. The number of nitrogens with zero attached hydrogens (tertiary/aromatic N) is 4. The summed E-state index contributed by atoms with van der Waals surface area (Å²) < 4.78 is 149. The van der Waals surface area contributed by atoms with E-state index in [4.69, 9.17) is 141 Å². The molecule has 3 rings (SSSR count). The van der Waals surface area contributed by atoms with E-state index in [1.54, 1.807) is 42.7 Å². The minimum Gasteiger partial charge on any atom is -0.459 e. The number of nitriles is 1. The fraction of sp³-hybridized carbons (Fsp3) is 0.767. The van der Waals surface area contributed by atoms with Crippen LogP contribution in [0.25, 0.3) is 9.69 Å². The molecule has 0 saturated heterocycles. The number of hydrogen-bond donors (Lipinski definition) is 3. The Balaban J connectivity index is 1.94. The smallest absolute Gasteiger partial charge is 0.345 e. The Labute approximate surface area is 767 Å². The third-order valence-corrected chi connectivity index (χ3v) is 19.1. The lowest BCUT2D eigenvalue weighted by molar-refractivity contribution is -0.150. The van der Waals surface area contributed by atoms with E-state index in [9.17, 15) is 34.0 Å². The van der Waals surface area contributed by atoms with Crippen LogP contribution in [-0.4, -0.2) is 400 Å². The van der Waals surface area contributed by atoms with Gasteiger partial charge in [0.1, 0.15) is 62.4 Å². The Hall–Kier alpha value is -7.75. The zero-order chi connectivity index (χ0) is 95.0. The molecule has 0 aliphatic heterocycles. The first kappa shape index (κ1) is 116. The molecule has 0 bridgehead atoms. The number of ether oxygens (including phenoxy) is 27. The van der Waals surface area contributed by atoms with Crippen LogP contribution in [0.15, 0.2) is 67.5 Å². The molecule has 3 aliphatic rings. The van der Waals surface area contributed by atoms with Crippen LogP contribution in [0.2, 0.25) is 0 Å². The van der Waals surface area contributed by atoms with Gasteiger partial charge in [-0.05, 0) is 71.5 Å². The summed E-state index contributed by atoms with van der Waals surface area (Å²) in [6.07, 6.45) is 1.64. The van der Waals surface area contributed by atoms with Crippen LogP contribution >= 0.6 is 0 Å². The molecule has 130 heavy (non-hydrogen) atoms. The summed E-state index contributed by atoms with van der Waals surface area (Å²) >= 11 is 0. The zero-order valence-electron chi connectivity index (χ0n) is 78.9. The van der Waals surface area contributed by atoms with Crippen LogP contribution < -0.4 is 16.0 Å². The monoisotopic (exact) mass is 1850 g/mol. The van der Waals surface area contributed by atoms with E-state index in [0.29, 0.717) is 135 Å². The van der Waals surface area contributed by atoms with E-state index in [1.165, 1.54) is 0 Å². The number of nitrogens with one attached hydrogen (secondary N) is 3. The first-order chi connectivity index (χ1) is 63.0. The van der Waals surface area contributed by atoms with Gasteiger partial charge in [0.25, 0.3) is 0 Å². The van der Waals surface area contributed by atoms with Gasteiger partial charge in [-0.25, -0.2) is 38.5 Å². The fourth-order valence-corrected chi connectivity index (χ4v) is 13.0. The second kappa shape index (κ2) is 73.7. The molecule has 740 valence electrons. The highest BCUT2D eigenvalue weighted by molar-refractivity contribution is 6.17. The highest BCUT2D eigenvalue weighted by Gasteiger charge is 2.41. The van der Waals surface area contributed by atoms with Crippen LogP contribution in [0.3, 0.4) is 0 Å². The summed E-state index contributed by atoms with van der Waals surface area (Å²) in [5, 5.41) is 21.0. The van der Waals surface area contributed by atoms with E-state index < -0.39 is 68.8 Å². The molecule has 40 nitrogen and oxygen atoms in total. The van der Waals surface area contributed by atoms with Gasteiger partial charge in [-0.3, -0.25) is 4.90 Å². The van der Waals surface area contributed by atoms with Crippen LogP contribution in [-0.2, 0) is 157 Å². The molecular formula is C90H147N7O33. The molecule has 40 heteroatoms. The molecule has 0 aromatic heterocycles. The first-order valence-corrected chi connectivity index (χ1v) is 44.1. The Morgan fingerprint density at radius 3 is 0.700 bits per heavy atom. The van der Waals surface area contributed by atoms with E-state index >= 15 is 0 Å². The maximum Gasteiger partial charge on any atom is 0.345 e. The van der Waals surface area contributed by atoms with Gasteiger partial charge >= 0.3 is 35.8 Å². The second-order valence-electron chi connectivity index (χ2n) is 31.5. The molecule has 3 N–H and O–H groups in total. The van der Waals surface area contributed by atoms with Crippen molar-refractivity contribution < 1.29 is 157 Å². The first-order valence-electron chi connectivity index (χ1n) is 44.1. The number of methoxy groups -OCH3 is 6. The molecule has 0 atom stereocenters. The molecule has 0 fully saturated rings. The molecule has 0 spiro atoms. The molecule has 0 aromatic rings. The maximum absolute atomic E-state index is 14.1. The van der Waals surface area contributed by atoms with E-state index in [1.807, 2.05) is 41.5 Å². The summed E-state index contributed by atoms with van der Waals surface area (Å²) in [7, 11) is 9.41. The van der Waals surface area contributed by atoms with Gasteiger partial charge in [-0.15, -0.1) is 0 Å². The largest absolute Gasteiger partial charge is 0.459 e. The third-order valence-electron chi connectivity index (χ3n) is 19.1. The van der Waals surface area contributed by atoms with E-state index in [2.05, 4.69) is 36.6 Å². The number of carbonyl (C=O) groups excluding carboxylic acids is 6. The lowest BCUT2D eigenvalue weighted by atomic mass is 9.72. The number of hydrogen-bond acceptors (Lipinski definition) is 38. The number of allylic oxidation sites excluding steroid dienone is 7. The number of rotatable bonds is 81. The second-order valence-corrected chi connectivity index (χ2v) is 31.5. The summed E-state index contributed by atoms with van der Waals surface area (Å²) in [5.74, 6) is -5.89. The predicted molar refractivity (Wildman–Crippen MR) is 470 cm³/mol. The molecule has 0 aromatic carbocycles. The van der Waals surface area contributed by atoms with Crippen molar-refractivity contribution in [3.63, 3.8) is 0 Å². The van der Waals surface area contributed by atoms with Crippen molar-refractivity contribution in [2.45, 2.75) is 80.1 Å². The van der Waals surface area contributed by atoms with Gasteiger partial charge in [-0.1, -0.05) is 41.5 Å². The number of carbonyl (C=O) groups is 6. The highest BCUT2D eigenvalue weighted by Crippen LogP contribution is 2.46. The Morgan fingerprint density at radius 1 is 0.285 bits per heavy atom. The minimum atomic E-state index is -0.986. The Kier molecular flexibility index (Phi) is 66.0. The van der Waals surface area contributed by atoms with Gasteiger partial charge in [0.15, 0.2) is 0 Å². The van der Waals surface area contributed by atoms with Gasteiger partial charge in [0.05, 0.1) is 257 Å². The van der Waals surface area contributed by atoms with Crippen molar-refractivity contribution >= 4 is 35.8 Å². The zero-order valence-corrected chi connectivity index (χ0v) is 78.9. The fourth-order valence-electron chi connectivity index (χ4n) is 13.0. The van der Waals surface area contributed by atoms with Crippen LogP contribution in [0.1, 0.15) is 80.1 Å². The average molecular weight is 1860 g/mol. The SMILES string of the molecule is [C-]#[N+]C1=C(NCCOCCN(CCOCCNC2=C(C#N)C(=C(C(=O)OCCOCCOCCOC)C(=O)OCCOCCOCCOC)CC(C)(C)C2)CCOCCNC2=C([N+]#[C-])C(=C(C(=O)OCCOCCOCCOC)C(=O)OCCOCCOCCOC)CC(C)(C)C2)CC(C)(C)CC1=C(C(=O)OCCOCCOCCOC)C(=O)OCCOCCOCCOC. The quantitative estimate of drug-likeness (QED) is 0.0139. The summed E-state index contributed by atoms with van der Waals surface area (Å²) in [5.41, 5.74) is -0.713. The summed E-state index contributed by atoms with van der Waals surface area (Å²) in [4.78, 5) is 94.4. The van der Waals surface area contributed by atoms with Crippen molar-refractivity contribution in [1.29, 1.82) is 5.26 Å². The topological polar surface area (TPSA) is 423 Å². The molecular weight excluding hydrogens is 1710 g/mol. The lowest BCUT2D eigenvalue weighted by Crippen LogP contribution is -2.36. The predicted octanol–water partition coefficient (Wildman–Crippen LogP) is 4.83. The van der Waals surface area contributed by atoms with Gasteiger partial charge in [0.2, 0.25) is 11.4 Å². The van der Waals surface area contributed by atoms with Crippen molar-refractivity contribution in [2.24, 2.45) is 16.2 Å². The van der Waals surface area contributed by atoms with E-state index in [0.717, 1.165) is 0 Å². The van der Waals surface area contributed by atoms with Gasteiger partial charge in [-0.2, -0.15) is 5.26 Å². The lowest BCUT2D eigenvalue weighted by Gasteiger charge is -2.34. The van der Waals surface area contributed by atoms with Crippen molar-refractivity contribution in [3.8, 4) is 6.07 Å². The molecule has 0 amide bonds. The normalized spacial score (nSPS) is 14.7. The summed E-state index contributed by atoms with van der Waals surface area (Å²) in [6, 6.07) is 2.25. The molecule has 3 aliphatic carbocycles. The minimum absolute atomic E-state index is 0.00143. The molecule has 0 heterocycles. The molecule has 0 unspecified atom stereocenters. The standard InChI is InChI=1S/C90H147N7O33/c1-88(2)63-70(77(82(98)125-57-51-119-45-39-113-33-27-104-9)83(99)126-58-52-120-46-40-114-34-28-105-10)73(69-91)74(66-88)94-15-21-110-24-18-97(19-25-111-22-16-95-75-67-89(3,4)64-71(80(75)92-7)78(84(100)127-59-53-121-47-41-115-35-29-106-11)85(101)128-60-54-122-48-42-116-36-30-107-12)20-26-112-23-17-96-76-68-90(5,6)65-72(81(76)93-8)79(86(102)129-61-55-123-49-43-117-37-31-108-13)87(103)130-62-56-124-50-44-118-38-32-109-14/h94-96H,15-68H2,1-6,9-14H3. The van der Waals surface area contributed by atoms with Crippen molar-refractivity contribution in [1.82, 2.24) is 20.9 Å². The van der Waals surface area contributed by atoms with Crippen LogP contribution in [0.4, 0.5) is 0 Å². The number of esters is 6. The third kappa shape index (κ3) is 52.1. The van der Waals surface area contributed by atoms with Crippen LogP contribution in [0, 0.1) is 40.7 Å². The summed E-state index contributed by atoms with van der Waals surface area (Å²) in [6.45, 7) is 38.3. The van der Waals surface area contributed by atoms with E-state index in [-0.39, 0.29) is 271 Å². The van der Waals surface area contributed by atoms with Crippen molar-refractivity contribution in [2.75, 3.05) is 359 Å². The van der Waals surface area contributed by atoms with Crippen LogP contribution in [0.5, 0.6) is 0 Å². The molecule has 0 radical (unpaired) electrons. The Bertz CT molecular complexity index is 3080. The van der Waals surface area contributed by atoms with Gasteiger partial charge < -0.3 is 144 Å². The Morgan fingerprint density at radius 2 is 0.477 bits per heavy atom. The maximum atomic E-state index is 14.1. The van der Waals surface area contributed by atoms with Gasteiger partial charge in [0, 0.05) is 99.0 Å². The highest BCUT2D eigenvalue weighted by atomic mass is 16.6. The average Bonchev–Trinajstić information content (AvgIpc) is 0.789.